The summed E-state index contributed by atoms with van der Waals surface area (Å²) in [7, 11) is 0. The average Bonchev–Trinajstić information content (AvgIpc) is 2.98. The number of urea groups is 1. The van der Waals surface area contributed by atoms with E-state index in [4.69, 9.17) is 4.74 Å². The summed E-state index contributed by atoms with van der Waals surface area (Å²) in [5, 5.41) is 6.43. The Morgan fingerprint density at radius 1 is 1.04 bits per heavy atom. The summed E-state index contributed by atoms with van der Waals surface area (Å²) in [5.41, 5.74) is 0.0197. The Hall–Kier alpha value is -1.30. The topological polar surface area (TPSA) is 70.7 Å². The van der Waals surface area contributed by atoms with Crippen LogP contribution in [0.15, 0.2) is 0 Å². The van der Waals surface area contributed by atoms with Gasteiger partial charge in [-0.2, -0.15) is 0 Å². The molecule has 0 bridgehead atoms. The molecule has 0 spiro atoms. The van der Waals surface area contributed by atoms with E-state index in [1.165, 1.54) is 6.42 Å². The number of hydrogen-bond acceptors (Lipinski definition) is 3. The van der Waals surface area contributed by atoms with Crippen LogP contribution in [0.1, 0.15) is 52.4 Å². The highest BCUT2D eigenvalue weighted by Gasteiger charge is 2.60. The summed E-state index contributed by atoms with van der Waals surface area (Å²) in [6.45, 7) is 6.63. The number of piperidine rings is 1. The summed E-state index contributed by atoms with van der Waals surface area (Å²) in [6, 6.07) is 0.487. The highest BCUT2D eigenvalue weighted by atomic mass is 16.5. The van der Waals surface area contributed by atoms with Crippen molar-refractivity contribution in [3.8, 4) is 0 Å². The molecular formula is C19H31N3O3. The Morgan fingerprint density at radius 2 is 1.76 bits per heavy atom. The predicted molar refractivity (Wildman–Crippen MR) is 94.0 cm³/mol. The van der Waals surface area contributed by atoms with Gasteiger partial charge in [-0.3, -0.25) is 4.79 Å². The molecule has 6 nitrogen and oxygen atoms in total. The van der Waals surface area contributed by atoms with Crippen LogP contribution in [-0.2, 0) is 9.53 Å². The van der Waals surface area contributed by atoms with Crippen molar-refractivity contribution in [3.63, 3.8) is 0 Å². The molecule has 0 aromatic rings. The molecular weight excluding hydrogens is 318 g/mol. The van der Waals surface area contributed by atoms with Crippen molar-refractivity contribution in [1.82, 2.24) is 15.5 Å². The molecule has 2 saturated heterocycles. The van der Waals surface area contributed by atoms with Gasteiger partial charge in [-0.25, -0.2) is 4.79 Å². The maximum Gasteiger partial charge on any atom is 0.317 e. The fraction of sp³-hybridized carbons (Fsp3) is 0.895. The minimum atomic E-state index is 0.0197. The highest BCUT2D eigenvalue weighted by molar-refractivity contribution is 5.79. The Bertz CT molecular complexity index is 538. The lowest BCUT2D eigenvalue weighted by Gasteiger charge is -2.55. The molecule has 2 saturated carbocycles. The molecule has 4 rings (SSSR count). The first-order valence-corrected chi connectivity index (χ1v) is 9.94. The number of carbonyl (C=O) groups is 2. The van der Waals surface area contributed by atoms with Gasteiger partial charge in [0.05, 0.1) is 6.10 Å². The van der Waals surface area contributed by atoms with E-state index in [1.807, 2.05) is 4.90 Å². The van der Waals surface area contributed by atoms with Gasteiger partial charge in [0.1, 0.15) is 0 Å². The second-order valence-electron chi connectivity index (χ2n) is 8.89. The Morgan fingerprint density at radius 3 is 2.40 bits per heavy atom. The molecule has 0 radical (unpaired) electrons. The maximum absolute atomic E-state index is 12.7. The van der Waals surface area contributed by atoms with E-state index in [-0.39, 0.29) is 35.4 Å². The molecule has 4 aliphatic rings. The van der Waals surface area contributed by atoms with Crippen LogP contribution in [0.5, 0.6) is 0 Å². The lowest BCUT2D eigenvalue weighted by atomic mass is 9.57. The van der Waals surface area contributed by atoms with Crippen molar-refractivity contribution in [2.24, 2.45) is 17.3 Å². The molecule has 2 aliphatic heterocycles. The van der Waals surface area contributed by atoms with Crippen LogP contribution in [0.4, 0.5) is 4.79 Å². The summed E-state index contributed by atoms with van der Waals surface area (Å²) in [4.78, 5) is 26.6. The second-order valence-corrected chi connectivity index (χ2v) is 8.89. The van der Waals surface area contributed by atoms with Gasteiger partial charge in [0.25, 0.3) is 0 Å². The first-order chi connectivity index (χ1) is 12.0. The normalized spacial score (nSPS) is 34.6. The molecule has 25 heavy (non-hydrogen) atoms. The Kier molecular flexibility index (Phi) is 4.42. The minimum Gasteiger partial charge on any atom is -0.377 e. The minimum absolute atomic E-state index is 0.0197. The third-order valence-electron chi connectivity index (χ3n) is 6.98. The van der Waals surface area contributed by atoms with Crippen molar-refractivity contribution in [3.05, 3.63) is 0 Å². The predicted octanol–water partition coefficient (Wildman–Crippen LogP) is 1.89. The van der Waals surface area contributed by atoms with E-state index in [0.717, 1.165) is 51.8 Å². The second kappa shape index (κ2) is 6.45. The lowest BCUT2D eigenvalue weighted by molar-refractivity contribution is -0.128. The lowest BCUT2D eigenvalue weighted by Crippen LogP contribution is -2.68. The quantitative estimate of drug-likeness (QED) is 0.817. The van der Waals surface area contributed by atoms with Crippen molar-refractivity contribution < 1.29 is 14.3 Å². The van der Waals surface area contributed by atoms with E-state index >= 15 is 0 Å². The number of rotatable bonds is 3. The number of fused-ring (bicyclic) bond motifs is 1. The Labute approximate surface area is 150 Å². The van der Waals surface area contributed by atoms with Crippen LogP contribution in [0.2, 0.25) is 0 Å². The molecule has 3 amide bonds. The van der Waals surface area contributed by atoms with Gasteiger partial charge in [0.15, 0.2) is 0 Å². The van der Waals surface area contributed by atoms with Crippen molar-refractivity contribution in [2.75, 3.05) is 19.7 Å². The van der Waals surface area contributed by atoms with Crippen LogP contribution in [-0.4, -0.2) is 54.7 Å². The zero-order valence-corrected chi connectivity index (χ0v) is 15.4. The standard InChI is InChI=1S/C19H31N3O3/c1-19(2)15(14-8-11-25-16(14)19)21-18(24)22-9-6-13(7-10-22)20-17(23)12-4-3-5-12/h12-16H,3-11H2,1-2H3,(H,20,23)(H,21,24). The number of ether oxygens (including phenoxy) is 1. The smallest absolute Gasteiger partial charge is 0.317 e. The Balaban J connectivity index is 1.23. The third-order valence-corrected chi connectivity index (χ3v) is 6.98. The van der Waals surface area contributed by atoms with Crippen molar-refractivity contribution in [1.29, 1.82) is 0 Å². The van der Waals surface area contributed by atoms with Gasteiger partial charge in [-0.05, 0) is 32.1 Å². The van der Waals surface area contributed by atoms with E-state index < -0.39 is 0 Å². The summed E-state index contributed by atoms with van der Waals surface area (Å²) >= 11 is 0. The SMILES string of the molecule is CC1(C)C(NC(=O)N2CCC(NC(=O)C3CCC3)CC2)C2CCOC21. The van der Waals surface area contributed by atoms with Crippen LogP contribution in [0, 0.1) is 17.3 Å². The molecule has 140 valence electrons. The summed E-state index contributed by atoms with van der Waals surface area (Å²) < 4.78 is 5.80. The van der Waals surface area contributed by atoms with Gasteiger partial charge in [-0.1, -0.05) is 20.3 Å². The molecule has 3 atom stereocenters. The van der Waals surface area contributed by atoms with E-state index in [1.54, 1.807) is 0 Å². The van der Waals surface area contributed by atoms with Crippen molar-refractivity contribution in [2.45, 2.75) is 70.6 Å². The summed E-state index contributed by atoms with van der Waals surface area (Å²) in [6.07, 6.45) is 6.32. The molecule has 3 unspecified atom stereocenters. The van der Waals surface area contributed by atoms with E-state index in [9.17, 15) is 9.59 Å². The molecule has 2 aliphatic carbocycles. The van der Waals surface area contributed by atoms with E-state index in [2.05, 4.69) is 24.5 Å². The molecule has 6 heteroatoms. The zero-order chi connectivity index (χ0) is 17.6. The van der Waals surface area contributed by atoms with Crippen molar-refractivity contribution >= 4 is 11.9 Å². The molecule has 2 N–H and O–H groups in total. The highest BCUT2D eigenvalue weighted by Crippen LogP contribution is 2.52. The molecule has 0 aromatic carbocycles. The van der Waals surface area contributed by atoms with Crippen LogP contribution in [0.3, 0.4) is 0 Å². The number of likely N-dealkylation sites (tertiary alicyclic amines) is 1. The third kappa shape index (κ3) is 3.03. The number of nitrogens with zero attached hydrogens (tertiary/aromatic N) is 1. The maximum atomic E-state index is 12.7. The van der Waals surface area contributed by atoms with E-state index in [0.29, 0.717) is 12.0 Å². The van der Waals surface area contributed by atoms with Gasteiger partial charge >= 0.3 is 6.03 Å². The number of hydrogen-bond donors (Lipinski definition) is 2. The number of nitrogens with one attached hydrogen (secondary N) is 2. The summed E-state index contributed by atoms with van der Waals surface area (Å²) in [5.74, 6) is 0.930. The molecule has 0 aromatic heterocycles. The fourth-order valence-corrected chi connectivity index (χ4v) is 5.06. The fourth-order valence-electron chi connectivity index (χ4n) is 5.06. The number of carbonyl (C=O) groups excluding carboxylic acids is 2. The first-order valence-electron chi connectivity index (χ1n) is 9.94. The van der Waals surface area contributed by atoms with Gasteiger partial charge in [0.2, 0.25) is 5.91 Å². The first kappa shape index (κ1) is 17.1. The van der Waals surface area contributed by atoms with Gasteiger partial charge in [0, 0.05) is 49.0 Å². The largest absolute Gasteiger partial charge is 0.377 e. The monoisotopic (exact) mass is 349 g/mol. The molecule has 4 fully saturated rings. The zero-order valence-electron chi connectivity index (χ0n) is 15.4. The van der Waals surface area contributed by atoms with Crippen LogP contribution >= 0.6 is 0 Å². The van der Waals surface area contributed by atoms with Crippen LogP contribution < -0.4 is 10.6 Å². The number of amides is 3. The van der Waals surface area contributed by atoms with Crippen LogP contribution in [0.25, 0.3) is 0 Å². The van der Waals surface area contributed by atoms with Gasteiger partial charge < -0.3 is 20.3 Å². The van der Waals surface area contributed by atoms with Gasteiger partial charge in [-0.15, -0.1) is 0 Å². The average molecular weight is 349 g/mol. The molecule has 2 heterocycles.